The number of hydrogen-bond donors (Lipinski definition) is 1. The predicted octanol–water partition coefficient (Wildman–Crippen LogP) is 2.24. The summed E-state index contributed by atoms with van der Waals surface area (Å²) in [6.45, 7) is 4.24. The Morgan fingerprint density at radius 3 is 2.54 bits per heavy atom. The molecule has 1 fully saturated rings. The molecule has 0 radical (unpaired) electrons. The van der Waals surface area contributed by atoms with Gasteiger partial charge in [-0.3, -0.25) is 14.4 Å². The largest absolute Gasteiger partial charge is 0.345 e. The minimum atomic E-state index is -0.413. The summed E-state index contributed by atoms with van der Waals surface area (Å²) in [5.41, 5.74) is 0.816. The lowest BCUT2D eigenvalue weighted by molar-refractivity contribution is -0.129. The number of anilines is 1. The Morgan fingerprint density at radius 1 is 1.33 bits per heavy atom. The van der Waals surface area contributed by atoms with Crippen LogP contribution in [-0.4, -0.2) is 54.2 Å². The Labute approximate surface area is 146 Å². The van der Waals surface area contributed by atoms with Crippen molar-refractivity contribution in [2.75, 3.05) is 26.0 Å². The van der Waals surface area contributed by atoms with Crippen LogP contribution in [-0.2, 0) is 9.59 Å². The normalized spacial score (nSPS) is 17.3. The van der Waals surface area contributed by atoms with Gasteiger partial charge in [-0.05, 0) is 32.0 Å². The van der Waals surface area contributed by atoms with E-state index in [4.69, 9.17) is 11.6 Å². The summed E-state index contributed by atoms with van der Waals surface area (Å²) in [5.74, 6) is -0.871. The van der Waals surface area contributed by atoms with E-state index in [9.17, 15) is 14.4 Å². The molecule has 1 unspecified atom stereocenters. The number of rotatable bonds is 4. The average molecular weight is 352 g/mol. The Balaban J connectivity index is 2.13. The summed E-state index contributed by atoms with van der Waals surface area (Å²) in [4.78, 5) is 39.6. The second-order valence-corrected chi connectivity index (χ2v) is 6.83. The van der Waals surface area contributed by atoms with Crippen LogP contribution in [0, 0.1) is 5.92 Å². The summed E-state index contributed by atoms with van der Waals surface area (Å²) in [5, 5.41) is 3.10. The van der Waals surface area contributed by atoms with Crippen LogP contribution >= 0.6 is 11.6 Å². The predicted molar refractivity (Wildman–Crippen MR) is 93.1 cm³/mol. The minimum absolute atomic E-state index is 0.0206. The number of amides is 3. The van der Waals surface area contributed by atoms with Crippen LogP contribution < -0.4 is 5.32 Å². The first-order valence-corrected chi connectivity index (χ1v) is 8.20. The standard InChI is InChI=1S/C17H22ClN3O3/c1-10(2)21-9-12(8-15(21)22)16(23)19-14-7-11(5-6-13(14)18)17(24)20(3)4/h5-7,10,12H,8-9H2,1-4H3,(H,19,23). The van der Waals surface area contributed by atoms with Crippen LogP contribution in [0.15, 0.2) is 18.2 Å². The molecule has 1 atom stereocenters. The molecule has 7 heteroatoms. The summed E-state index contributed by atoms with van der Waals surface area (Å²) >= 11 is 6.12. The van der Waals surface area contributed by atoms with E-state index < -0.39 is 5.92 Å². The van der Waals surface area contributed by atoms with Crippen molar-refractivity contribution in [2.45, 2.75) is 26.3 Å². The first-order valence-electron chi connectivity index (χ1n) is 7.82. The van der Waals surface area contributed by atoms with Gasteiger partial charge in [0.15, 0.2) is 0 Å². The van der Waals surface area contributed by atoms with Gasteiger partial charge in [-0.1, -0.05) is 11.6 Å². The lowest BCUT2D eigenvalue weighted by Crippen LogP contribution is -2.33. The van der Waals surface area contributed by atoms with Gasteiger partial charge in [0, 0.05) is 38.7 Å². The van der Waals surface area contributed by atoms with Crippen LogP contribution in [0.4, 0.5) is 5.69 Å². The van der Waals surface area contributed by atoms with Gasteiger partial charge in [-0.15, -0.1) is 0 Å². The Morgan fingerprint density at radius 2 is 2.00 bits per heavy atom. The molecule has 1 aliphatic heterocycles. The molecule has 3 amide bonds. The van der Waals surface area contributed by atoms with Crippen LogP contribution in [0.3, 0.4) is 0 Å². The van der Waals surface area contributed by atoms with Crippen molar-refractivity contribution < 1.29 is 14.4 Å². The number of nitrogens with one attached hydrogen (secondary N) is 1. The van der Waals surface area contributed by atoms with Crippen molar-refractivity contribution in [3.8, 4) is 0 Å². The topological polar surface area (TPSA) is 69.7 Å². The summed E-state index contributed by atoms with van der Waals surface area (Å²) in [7, 11) is 3.31. The van der Waals surface area contributed by atoms with Crippen molar-refractivity contribution in [2.24, 2.45) is 5.92 Å². The van der Waals surface area contributed by atoms with Gasteiger partial charge in [-0.25, -0.2) is 0 Å². The van der Waals surface area contributed by atoms with Crippen molar-refractivity contribution in [1.29, 1.82) is 0 Å². The molecular formula is C17H22ClN3O3. The molecule has 1 aliphatic rings. The molecule has 0 saturated carbocycles. The van der Waals surface area contributed by atoms with Crippen LogP contribution in [0.25, 0.3) is 0 Å². The molecule has 1 aromatic carbocycles. The third-order valence-electron chi connectivity index (χ3n) is 4.03. The number of carbonyl (C=O) groups is 3. The van der Waals surface area contributed by atoms with Crippen LogP contribution in [0.2, 0.25) is 5.02 Å². The van der Waals surface area contributed by atoms with Crippen LogP contribution in [0.5, 0.6) is 0 Å². The fourth-order valence-electron chi connectivity index (χ4n) is 2.65. The average Bonchev–Trinajstić information content (AvgIpc) is 2.91. The highest BCUT2D eigenvalue weighted by molar-refractivity contribution is 6.34. The number of carbonyl (C=O) groups excluding carboxylic acids is 3. The van der Waals surface area contributed by atoms with Gasteiger partial charge in [0.25, 0.3) is 5.91 Å². The summed E-state index contributed by atoms with van der Waals surface area (Å²) < 4.78 is 0. The van der Waals surface area contributed by atoms with Gasteiger partial charge in [0.1, 0.15) is 0 Å². The third-order valence-corrected chi connectivity index (χ3v) is 4.36. The SMILES string of the molecule is CC(C)N1CC(C(=O)Nc2cc(C(=O)N(C)C)ccc2Cl)CC1=O. The zero-order valence-electron chi connectivity index (χ0n) is 14.3. The van der Waals surface area contributed by atoms with E-state index >= 15 is 0 Å². The fraction of sp³-hybridized carbons (Fsp3) is 0.471. The first-order chi connectivity index (χ1) is 11.2. The van der Waals surface area contributed by atoms with Gasteiger partial charge in [0.2, 0.25) is 11.8 Å². The highest BCUT2D eigenvalue weighted by Gasteiger charge is 2.35. The van der Waals surface area contributed by atoms with E-state index in [1.54, 1.807) is 37.2 Å². The molecule has 2 rings (SSSR count). The third kappa shape index (κ3) is 3.87. The van der Waals surface area contributed by atoms with E-state index in [0.29, 0.717) is 22.8 Å². The molecule has 0 bridgehead atoms. The molecule has 1 heterocycles. The van der Waals surface area contributed by atoms with E-state index in [0.717, 1.165) is 0 Å². The number of halogens is 1. The lowest BCUT2D eigenvalue weighted by atomic mass is 10.1. The smallest absolute Gasteiger partial charge is 0.253 e. The number of likely N-dealkylation sites (tertiary alicyclic amines) is 1. The number of benzene rings is 1. The summed E-state index contributed by atoms with van der Waals surface area (Å²) in [6, 6.07) is 4.81. The van der Waals surface area contributed by atoms with Gasteiger partial charge in [-0.2, -0.15) is 0 Å². The molecule has 0 aromatic heterocycles. The van der Waals surface area contributed by atoms with Gasteiger partial charge >= 0.3 is 0 Å². The summed E-state index contributed by atoms with van der Waals surface area (Å²) in [6.07, 6.45) is 0.192. The van der Waals surface area contributed by atoms with Crippen molar-refractivity contribution in [3.05, 3.63) is 28.8 Å². The zero-order valence-corrected chi connectivity index (χ0v) is 15.1. The highest BCUT2D eigenvalue weighted by atomic mass is 35.5. The highest BCUT2D eigenvalue weighted by Crippen LogP contribution is 2.26. The molecule has 6 nitrogen and oxygen atoms in total. The molecular weight excluding hydrogens is 330 g/mol. The molecule has 1 aromatic rings. The molecule has 1 N–H and O–H groups in total. The van der Waals surface area contributed by atoms with Gasteiger partial charge in [0.05, 0.1) is 16.6 Å². The first kappa shape index (κ1) is 18.3. The fourth-order valence-corrected chi connectivity index (χ4v) is 2.82. The Kier molecular flexibility index (Phi) is 5.49. The van der Waals surface area contributed by atoms with Gasteiger partial charge < -0.3 is 15.1 Å². The second-order valence-electron chi connectivity index (χ2n) is 6.42. The number of nitrogens with zero attached hydrogens (tertiary/aromatic N) is 2. The Bertz CT molecular complexity index is 673. The molecule has 0 aliphatic carbocycles. The van der Waals surface area contributed by atoms with E-state index in [-0.39, 0.29) is 30.2 Å². The zero-order chi connectivity index (χ0) is 18.0. The monoisotopic (exact) mass is 351 g/mol. The van der Waals surface area contributed by atoms with Crippen molar-refractivity contribution >= 4 is 35.0 Å². The maximum absolute atomic E-state index is 12.5. The van der Waals surface area contributed by atoms with E-state index in [2.05, 4.69) is 5.32 Å². The Hall–Kier alpha value is -2.08. The molecule has 1 saturated heterocycles. The minimum Gasteiger partial charge on any atom is -0.345 e. The molecule has 24 heavy (non-hydrogen) atoms. The maximum Gasteiger partial charge on any atom is 0.253 e. The number of hydrogen-bond acceptors (Lipinski definition) is 3. The van der Waals surface area contributed by atoms with Crippen molar-refractivity contribution in [3.63, 3.8) is 0 Å². The molecule has 130 valence electrons. The van der Waals surface area contributed by atoms with E-state index in [1.165, 1.54) is 4.90 Å². The quantitative estimate of drug-likeness (QED) is 0.904. The lowest BCUT2D eigenvalue weighted by Gasteiger charge is -2.20. The molecule has 0 spiro atoms. The second kappa shape index (κ2) is 7.21. The maximum atomic E-state index is 12.5. The van der Waals surface area contributed by atoms with Crippen molar-refractivity contribution in [1.82, 2.24) is 9.80 Å². The van der Waals surface area contributed by atoms with Crippen LogP contribution in [0.1, 0.15) is 30.6 Å². The van der Waals surface area contributed by atoms with E-state index in [1.807, 2.05) is 13.8 Å².